The summed E-state index contributed by atoms with van der Waals surface area (Å²) < 4.78 is 0. The summed E-state index contributed by atoms with van der Waals surface area (Å²) in [6.07, 6.45) is 1.25. The molecule has 0 saturated carbocycles. The van der Waals surface area contributed by atoms with Crippen LogP contribution < -0.4 is 0 Å². The van der Waals surface area contributed by atoms with Gasteiger partial charge >= 0.3 is 0 Å². The largest absolute Gasteiger partial charge is 0.348 e. The monoisotopic (exact) mass is 313 g/mol. The van der Waals surface area contributed by atoms with Crippen molar-refractivity contribution in [1.29, 1.82) is 0 Å². The fraction of sp³-hybridized carbons (Fsp3) is 0.381. The van der Waals surface area contributed by atoms with Crippen LogP contribution in [0.1, 0.15) is 51.2 Å². The normalized spacial score (nSPS) is 9.17. The highest BCUT2D eigenvalue weighted by Crippen LogP contribution is 2.25. The average Bonchev–Trinajstić information content (AvgIpc) is 2.59. The topological polar surface area (TPSA) is 20.3 Å². The third-order valence-electron chi connectivity index (χ3n) is 2.95. The van der Waals surface area contributed by atoms with Crippen molar-refractivity contribution in [2.75, 3.05) is 14.1 Å². The van der Waals surface area contributed by atoms with Crippen LogP contribution in [-0.4, -0.2) is 24.9 Å². The number of amides is 1. The Morgan fingerprint density at radius 1 is 0.826 bits per heavy atom. The number of hydrogen-bond acceptors (Lipinski definition) is 1. The molecule has 0 saturated heterocycles. The Balaban J connectivity index is 0.000000868. The second-order valence-corrected chi connectivity index (χ2v) is 5.19. The molecule has 1 amide bonds. The molecule has 0 bridgehead atoms. The van der Waals surface area contributed by atoms with Gasteiger partial charge in [-0.05, 0) is 11.1 Å². The molecule has 0 unspecified atom stereocenters. The van der Waals surface area contributed by atoms with E-state index in [9.17, 15) is 4.79 Å². The summed E-state index contributed by atoms with van der Waals surface area (Å²) in [5.74, 6) is -0.116. The van der Waals surface area contributed by atoms with E-state index >= 15 is 0 Å². The highest BCUT2D eigenvalue weighted by molar-refractivity contribution is 5.86. The fourth-order valence-electron chi connectivity index (χ4n) is 2.03. The molecule has 0 heterocycles. The maximum atomic E-state index is 12.4. The van der Waals surface area contributed by atoms with Crippen LogP contribution in [-0.2, 0) is 4.79 Å². The maximum absolute atomic E-state index is 12.4. The van der Waals surface area contributed by atoms with Gasteiger partial charge in [-0.25, -0.2) is 0 Å². The van der Waals surface area contributed by atoms with E-state index in [4.69, 9.17) is 0 Å². The lowest BCUT2D eigenvalue weighted by Crippen LogP contribution is -2.28. The molecule has 2 heteroatoms. The number of hydrogen-bond donors (Lipinski definition) is 0. The molecule has 0 aliphatic rings. The summed E-state index contributed by atoms with van der Waals surface area (Å²) in [4.78, 5) is 14.0. The SMILES string of the molecule is CC.CCC.CN(C)C(=O)C(c1ccccc1)c1ccccc1. The molecule has 23 heavy (non-hydrogen) atoms. The molecular weight excluding hydrogens is 282 g/mol. The van der Waals surface area contributed by atoms with Gasteiger partial charge in [-0.15, -0.1) is 0 Å². The molecule has 2 aromatic rings. The predicted molar refractivity (Wildman–Crippen MR) is 101 cm³/mol. The van der Waals surface area contributed by atoms with Crippen molar-refractivity contribution in [2.45, 2.75) is 40.0 Å². The van der Waals surface area contributed by atoms with Crippen LogP contribution in [0.2, 0.25) is 0 Å². The summed E-state index contributed by atoms with van der Waals surface area (Å²) in [5.41, 5.74) is 2.06. The van der Waals surface area contributed by atoms with Gasteiger partial charge in [-0.1, -0.05) is 94.8 Å². The summed E-state index contributed by atoms with van der Waals surface area (Å²) in [5, 5.41) is 0. The lowest BCUT2D eigenvalue weighted by atomic mass is 9.90. The van der Waals surface area contributed by atoms with Crippen molar-refractivity contribution < 1.29 is 4.79 Å². The molecule has 0 aliphatic heterocycles. The lowest BCUT2D eigenvalue weighted by Gasteiger charge is -2.21. The number of likely N-dealkylation sites (N-methyl/N-ethyl adjacent to an activating group) is 1. The summed E-state index contributed by atoms with van der Waals surface area (Å²) in [6, 6.07) is 19.8. The first kappa shape index (κ1) is 20.9. The van der Waals surface area contributed by atoms with Crippen molar-refractivity contribution in [3.05, 3.63) is 71.8 Å². The first-order chi connectivity index (χ1) is 11.1. The van der Waals surface area contributed by atoms with E-state index in [1.807, 2.05) is 74.5 Å². The molecule has 0 fully saturated rings. The van der Waals surface area contributed by atoms with Gasteiger partial charge in [-0.3, -0.25) is 4.79 Å². The van der Waals surface area contributed by atoms with Gasteiger partial charge < -0.3 is 4.90 Å². The third-order valence-corrected chi connectivity index (χ3v) is 2.95. The summed E-state index contributed by atoms with van der Waals surface area (Å²) in [7, 11) is 3.59. The van der Waals surface area contributed by atoms with E-state index in [1.165, 1.54) is 6.42 Å². The molecule has 2 aromatic carbocycles. The first-order valence-corrected chi connectivity index (χ1v) is 8.42. The zero-order chi connectivity index (χ0) is 17.7. The zero-order valence-electron chi connectivity index (χ0n) is 15.4. The predicted octanol–water partition coefficient (Wildman–Crippen LogP) is 5.35. The quantitative estimate of drug-likeness (QED) is 0.748. The van der Waals surface area contributed by atoms with E-state index in [0.717, 1.165) is 11.1 Å². The molecule has 0 radical (unpaired) electrons. The van der Waals surface area contributed by atoms with E-state index in [0.29, 0.717) is 0 Å². The Morgan fingerprint density at radius 3 is 1.39 bits per heavy atom. The van der Waals surface area contributed by atoms with Gasteiger partial charge in [0.15, 0.2) is 0 Å². The second-order valence-electron chi connectivity index (χ2n) is 5.19. The van der Waals surface area contributed by atoms with Crippen LogP contribution >= 0.6 is 0 Å². The number of benzene rings is 2. The first-order valence-electron chi connectivity index (χ1n) is 8.42. The Hall–Kier alpha value is -2.09. The number of carbonyl (C=O) groups excluding carboxylic acids is 1. The van der Waals surface area contributed by atoms with E-state index in [-0.39, 0.29) is 11.8 Å². The maximum Gasteiger partial charge on any atom is 0.234 e. The highest BCUT2D eigenvalue weighted by Gasteiger charge is 2.23. The molecule has 0 spiro atoms. The van der Waals surface area contributed by atoms with Crippen LogP contribution in [0.25, 0.3) is 0 Å². The van der Waals surface area contributed by atoms with Crippen LogP contribution in [0.3, 0.4) is 0 Å². The second kappa shape index (κ2) is 12.5. The zero-order valence-corrected chi connectivity index (χ0v) is 15.4. The Kier molecular flexibility index (Phi) is 11.3. The van der Waals surface area contributed by atoms with Crippen LogP contribution in [0, 0.1) is 0 Å². The highest BCUT2D eigenvalue weighted by atomic mass is 16.2. The molecule has 0 aliphatic carbocycles. The van der Waals surface area contributed by atoms with Gasteiger partial charge in [-0.2, -0.15) is 0 Å². The third kappa shape index (κ3) is 7.14. The van der Waals surface area contributed by atoms with Gasteiger partial charge in [0.25, 0.3) is 0 Å². The van der Waals surface area contributed by atoms with Gasteiger partial charge in [0.2, 0.25) is 5.91 Å². The molecule has 0 N–H and O–H groups in total. The minimum absolute atomic E-state index is 0.104. The van der Waals surface area contributed by atoms with Gasteiger partial charge in [0.05, 0.1) is 5.92 Å². The van der Waals surface area contributed by atoms with Crippen LogP contribution in [0.4, 0.5) is 0 Å². The van der Waals surface area contributed by atoms with E-state index < -0.39 is 0 Å². The van der Waals surface area contributed by atoms with Crippen LogP contribution in [0.15, 0.2) is 60.7 Å². The van der Waals surface area contributed by atoms with Crippen molar-refractivity contribution in [1.82, 2.24) is 4.90 Å². The molecule has 0 atom stereocenters. The van der Waals surface area contributed by atoms with Gasteiger partial charge in [0, 0.05) is 14.1 Å². The smallest absolute Gasteiger partial charge is 0.234 e. The van der Waals surface area contributed by atoms with Crippen molar-refractivity contribution in [2.24, 2.45) is 0 Å². The van der Waals surface area contributed by atoms with Crippen molar-refractivity contribution >= 4 is 5.91 Å². The Morgan fingerprint density at radius 2 is 1.13 bits per heavy atom. The molecular formula is C21H31NO. The Bertz CT molecular complexity index is 481. The van der Waals surface area contributed by atoms with Crippen LogP contribution in [0.5, 0.6) is 0 Å². The number of nitrogens with zero attached hydrogens (tertiary/aromatic N) is 1. The Labute approximate surface area is 142 Å². The molecule has 0 aromatic heterocycles. The van der Waals surface area contributed by atoms with E-state index in [2.05, 4.69) is 13.8 Å². The molecule has 2 rings (SSSR count). The molecule has 2 nitrogen and oxygen atoms in total. The summed E-state index contributed by atoms with van der Waals surface area (Å²) in [6.45, 7) is 8.25. The number of carbonyl (C=O) groups is 1. The average molecular weight is 313 g/mol. The lowest BCUT2D eigenvalue weighted by molar-refractivity contribution is -0.129. The van der Waals surface area contributed by atoms with Crippen molar-refractivity contribution in [3.8, 4) is 0 Å². The van der Waals surface area contributed by atoms with E-state index in [1.54, 1.807) is 19.0 Å². The standard InChI is InChI=1S/C16H17NO.C3H8.C2H6/c1-17(2)16(18)15(13-9-5-3-6-10-13)14-11-7-4-8-12-14;1-3-2;1-2/h3-12,15H,1-2H3;3H2,1-2H3;1-2H3. The summed E-state index contributed by atoms with van der Waals surface area (Å²) >= 11 is 0. The minimum atomic E-state index is -0.220. The number of rotatable bonds is 3. The van der Waals surface area contributed by atoms with Crippen molar-refractivity contribution in [3.63, 3.8) is 0 Å². The minimum Gasteiger partial charge on any atom is -0.348 e. The van der Waals surface area contributed by atoms with Gasteiger partial charge in [0.1, 0.15) is 0 Å². The fourth-order valence-corrected chi connectivity index (χ4v) is 2.03. The molecule has 126 valence electrons.